The van der Waals surface area contributed by atoms with Crippen LogP contribution in [0.5, 0.6) is 5.75 Å². The van der Waals surface area contributed by atoms with E-state index in [2.05, 4.69) is 0 Å². The van der Waals surface area contributed by atoms with Gasteiger partial charge in [-0.25, -0.2) is 0 Å². The van der Waals surface area contributed by atoms with Gasteiger partial charge in [0.05, 0.1) is 12.2 Å². The first-order chi connectivity index (χ1) is 8.50. The molecule has 1 fully saturated rings. The maximum Gasteiger partial charge on any atom is 0.416 e. The molecule has 1 aliphatic rings. The van der Waals surface area contributed by atoms with Gasteiger partial charge in [0.1, 0.15) is 5.75 Å². The second kappa shape index (κ2) is 5.18. The molecule has 5 heteroatoms. The summed E-state index contributed by atoms with van der Waals surface area (Å²) < 4.78 is 42.8. The Kier molecular flexibility index (Phi) is 3.80. The number of hydrogen-bond acceptors (Lipinski definition) is 2. The summed E-state index contributed by atoms with van der Waals surface area (Å²) in [5.41, 5.74) is -0.716. The van der Waals surface area contributed by atoms with E-state index in [1.54, 1.807) is 0 Å². The smallest absolute Gasteiger partial charge is 0.416 e. The summed E-state index contributed by atoms with van der Waals surface area (Å²) >= 11 is 0. The molecule has 2 rings (SSSR count). The van der Waals surface area contributed by atoms with Crippen LogP contribution in [0.15, 0.2) is 24.3 Å². The highest BCUT2D eigenvalue weighted by Gasteiger charge is 2.32. The van der Waals surface area contributed by atoms with Crippen molar-refractivity contribution in [2.75, 3.05) is 13.2 Å². The SMILES string of the molecule is OCC(COc1cccc(C(F)(F)F)c1)C1CC1. The van der Waals surface area contributed by atoms with E-state index >= 15 is 0 Å². The van der Waals surface area contributed by atoms with E-state index in [0.29, 0.717) is 5.92 Å². The molecule has 1 aromatic rings. The van der Waals surface area contributed by atoms with Crippen LogP contribution in [0.1, 0.15) is 18.4 Å². The molecule has 0 radical (unpaired) electrons. The third-order valence-electron chi connectivity index (χ3n) is 3.15. The minimum Gasteiger partial charge on any atom is -0.493 e. The van der Waals surface area contributed by atoms with Crippen LogP contribution in [0.25, 0.3) is 0 Å². The highest BCUT2D eigenvalue weighted by Crippen LogP contribution is 2.37. The molecule has 2 nitrogen and oxygen atoms in total. The molecule has 1 N–H and O–H groups in total. The number of benzene rings is 1. The number of ether oxygens (including phenoxy) is 1. The van der Waals surface area contributed by atoms with Gasteiger partial charge in [-0.1, -0.05) is 6.07 Å². The van der Waals surface area contributed by atoms with Crippen LogP contribution in [0, 0.1) is 11.8 Å². The van der Waals surface area contributed by atoms with E-state index in [0.717, 1.165) is 25.0 Å². The Labute approximate surface area is 103 Å². The van der Waals surface area contributed by atoms with Gasteiger partial charge in [0.2, 0.25) is 0 Å². The van der Waals surface area contributed by atoms with Crippen molar-refractivity contribution in [2.24, 2.45) is 11.8 Å². The first-order valence-corrected chi connectivity index (χ1v) is 5.91. The summed E-state index contributed by atoms with van der Waals surface area (Å²) in [5, 5.41) is 9.14. The van der Waals surface area contributed by atoms with Gasteiger partial charge in [-0.15, -0.1) is 0 Å². The lowest BCUT2D eigenvalue weighted by Gasteiger charge is -2.15. The minimum absolute atomic E-state index is 0.0175. The van der Waals surface area contributed by atoms with Gasteiger partial charge in [0.25, 0.3) is 0 Å². The number of hydrogen-bond donors (Lipinski definition) is 1. The molecule has 1 saturated carbocycles. The summed E-state index contributed by atoms with van der Waals surface area (Å²) in [6.45, 7) is 0.284. The fraction of sp³-hybridized carbons (Fsp3) is 0.538. The molecule has 0 aromatic heterocycles. The lowest BCUT2D eigenvalue weighted by Crippen LogP contribution is -2.18. The average Bonchev–Trinajstić information content (AvgIpc) is 3.14. The molecule has 0 amide bonds. The second-order valence-electron chi connectivity index (χ2n) is 4.62. The molecule has 0 aliphatic heterocycles. The Balaban J connectivity index is 1.96. The minimum atomic E-state index is -4.35. The number of rotatable bonds is 5. The third-order valence-corrected chi connectivity index (χ3v) is 3.15. The monoisotopic (exact) mass is 260 g/mol. The van der Waals surface area contributed by atoms with E-state index < -0.39 is 11.7 Å². The number of aliphatic hydroxyl groups excluding tert-OH is 1. The van der Waals surface area contributed by atoms with Gasteiger partial charge in [-0.05, 0) is 37.0 Å². The molecular weight excluding hydrogens is 245 g/mol. The van der Waals surface area contributed by atoms with Gasteiger partial charge in [0.15, 0.2) is 0 Å². The van der Waals surface area contributed by atoms with Crippen molar-refractivity contribution in [3.8, 4) is 5.75 Å². The molecule has 1 aromatic carbocycles. The maximum absolute atomic E-state index is 12.5. The fourth-order valence-corrected chi connectivity index (χ4v) is 1.87. The van der Waals surface area contributed by atoms with E-state index in [-0.39, 0.29) is 24.9 Å². The fourth-order valence-electron chi connectivity index (χ4n) is 1.87. The second-order valence-corrected chi connectivity index (χ2v) is 4.62. The van der Waals surface area contributed by atoms with Gasteiger partial charge >= 0.3 is 6.18 Å². The Morgan fingerprint density at radius 1 is 1.33 bits per heavy atom. The van der Waals surface area contributed by atoms with Gasteiger partial charge in [-0.3, -0.25) is 0 Å². The average molecular weight is 260 g/mol. The number of aliphatic hydroxyl groups is 1. The van der Waals surface area contributed by atoms with Crippen LogP contribution >= 0.6 is 0 Å². The molecule has 18 heavy (non-hydrogen) atoms. The zero-order valence-electron chi connectivity index (χ0n) is 9.78. The van der Waals surface area contributed by atoms with Gasteiger partial charge in [-0.2, -0.15) is 13.2 Å². The normalized spacial score (nSPS) is 17.6. The molecule has 0 heterocycles. The highest BCUT2D eigenvalue weighted by molar-refractivity contribution is 5.30. The Bertz CT molecular complexity index is 399. The van der Waals surface area contributed by atoms with Crippen molar-refractivity contribution in [3.63, 3.8) is 0 Å². The Morgan fingerprint density at radius 2 is 2.06 bits per heavy atom. The topological polar surface area (TPSA) is 29.5 Å². The van der Waals surface area contributed by atoms with Crippen LogP contribution < -0.4 is 4.74 Å². The van der Waals surface area contributed by atoms with Crippen LogP contribution in [0.3, 0.4) is 0 Å². The lowest BCUT2D eigenvalue weighted by atomic mass is 10.1. The Morgan fingerprint density at radius 3 is 2.61 bits per heavy atom. The van der Waals surface area contributed by atoms with Crippen molar-refractivity contribution in [1.82, 2.24) is 0 Å². The van der Waals surface area contributed by atoms with Crippen LogP contribution in [-0.2, 0) is 6.18 Å². The summed E-state index contributed by atoms with van der Waals surface area (Å²) in [6, 6.07) is 4.82. The molecule has 1 unspecified atom stereocenters. The number of halogens is 3. The zero-order chi connectivity index (χ0) is 13.2. The van der Waals surface area contributed by atoms with E-state index in [9.17, 15) is 13.2 Å². The lowest BCUT2D eigenvalue weighted by molar-refractivity contribution is -0.137. The standard InChI is InChI=1S/C13H15F3O2/c14-13(15,16)11-2-1-3-12(6-11)18-8-10(7-17)9-4-5-9/h1-3,6,9-10,17H,4-5,7-8H2. The molecule has 100 valence electrons. The largest absolute Gasteiger partial charge is 0.493 e. The predicted molar refractivity (Wildman–Crippen MR) is 60.2 cm³/mol. The van der Waals surface area contributed by atoms with Crippen molar-refractivity contribution in [2.45, 2.75) is 19.0 Å². The summed E-state index contributed by atoms with van der Waals surface area (Å²) in [5.74, 6) is 0.685. The predicted octanol–water partition coefficient (Wildman–Crippen LogP) is 3.10. The first-order valence-electron chi connectivity index (χ1n) is 5.91. The van der Waals surface area contributed by atoms with E-state index in [1.165, 1.54) is 12.1 Å². The van der Waals surface area contributed by atoms with Crippen LogP contribution in [0.4, 0.5) is 13.2 Å². The summed E-state index contributed by atoms with van der Waals surface area (Å²) in [4.78, 5) is 0. The van der Waals surface area contributed by atoms with Crippen molar-refractivity contribution in [1.29, 1.82) is 0 Å². The molecule has 0 saturated heterocycles. The van der Waals surface area contributed by atoms with Crippen molar-refractivity contribution in [3.05, 3.63) is 29.8 Å². The molecule has 0 spiro atoms. The van der Waals surface area contributed by atoms with Crippen LogP contribution in [-0.4, -0.2) is 18.3 Å². The highest BCUT2D eigenvalue weighted by atomic mass is 19.4. The summed E-state index contributed by atoms with van der Waals surface area (Å²) in [7, 11) is 0. The van der Waals surface area contributed by atoms with E-state index in [1.807, 2.05) is 0 Å². The zero-order valence-corrected chi connectivity index (χ0v) is 9.78. The van der Waals surface area contributed by atoms with Crippen molar-refractivity contribution < 1.29 is 23.0 Å². The Hall–Kier alpha value is -1.23. The molecule has 0 bridgehead atoms. The maximum atomic E-state index is 12.5. The molecule has 1 aliphatic carbocycles. The van der Waals surface area contributed by atoms with E-state index in [4.69, 9.17) is 9.84 Å². The van der Waals surface area contributed by atoms with Crippen molar-refractivity contribution >= 4 is 0 Å². The summed E-state index contributed by atoms with van der Waals surface area (Å²) in [6.07, 6.45) is -2.22. The number of alkyl halides is 3. The third kappa shape index (κ3) is 3.38. The molecule has 1 atom stereocenters. The van der Waals surface area contributed by atoms with Crippen LogP contribution in [0.2, 0.25) is 0 Å². The van der Waals surface area contributed by atoms with Gasteiger partial charge in [0, 0.05) is 12.5 Å². The van der Waals surface area contributed by atoms with Gasteiger partial charge < -0.3 is 9.84 Å². The quantitative estimate of drug-likeness (QED) is 0.881. The first kappa shape index (κ1) is 13.2. The molecular formula is C13H15F3O2.